The molecular weight excluding hydrogens is 432 g/mol. The van der Waals surface area contributed by atoms with Crippen molar-refractivity contribution >= 4 is 27.6 Å². The molecule has 4 rings (SSSR count). The highest BCUT2D eigenvalue weighted by molar-refractivity contribution is 7.89. The minimum Gasteiger partial charge on any atom is -0.464 e. The average molecular weight is 461 g/mol. The van der Waals surface area contributed by atoms with E-state index < -0.39 is 22.0 Å². The Morgan fingerprint density at radius 1 is 1.03 bits per heavy atom. The molecule has 0 saturated carbocycles. The molecule has 32 heavy (non-hydrogen) atoms. The average Bonchev–Trinajstić information content (AvgIpc) is 3.47. The van der Waals surface area contributed by atoms with E-state index in [0.29, 0.717) is 39.0 Å². The Morgan fingerprint density at radius 3 is 2.38 bits per heavy atom. The molecule has 1 unspecified atom stereocenters. The maximum Gasteiger partial charge on any atom is 0.354 e. The number of para-hydroxylation sites is 1. The zero-order valence-electron chi connectivity index (χ0n) is 18.3. The number of amides is 1. The Morgan fingerprint density at radius 2 is 1.72 bits per heavy atom. The van der Waals surface area contributed by atoms with Crippen LogP contribution >= 0.6 is 0 Å². The molecule has 0 radical (unpaired) electrons. The third-order valence-electron chi connectivity index (χ3n) is 6.18. The smallest absolute Gasteiger partial charge is 0.354 e. The molecule has 0 N–H and O–H groups in total. The number of hydrogen-bond acceptors (Lipinski definition) is 6. The zero-order chi connectivity index (χ0) is 22.9. The van der Waals surface area contributed by atoms with Gasteiger partial charge < -0.3 is 19.1 Å². The van der Waals surface area contributed by atoms with Gasteiger partial charge in [0.05, 0.1) is 7.11 Å². The maximum atomic E-state index is 13.3. The number of benzene rings is 1. The SMILES string of the molecule is COC(=O)c1cc(S(=O)(=O)N2CCCC2C(=O)N2CCN(c3ccccc3)CC2)cn1C. The van der Waals surface area contributed by atoms with Crippen molar-refractivity contribution in [3.8, 4) is 0 Å². The zero-order valence-corrected chi connectivity index (χ0v) is 19.1. The second-order valence-corrected chi connectivity index (χ2v) is 9.98. The molecule has 2 fully saturated rings. The summed E-state index contributed by atoms with van der Waals surface area (Å²) in [6.07, 6.45) is 2.50. The Kier molecular flexibility index (Phi) is 6.25. The summed E-state index contributed by atoms with van der Waals surface area (Å²) in [7, 11) is -1.09. The van der Waals surface area contributed by atoms with Crippen molar-refractivity contribution in [1.82, 2.24) is 13.8 Å². The van der Waals surface area contributed by atoms with E-state index in [2.05, 4.69) is 4.90 Å². The van der Waals surface area contributed by atoms with Crippen LogP contribution in [0.4, 0.5) is 5.69 Å². The van der Waals surface area contributed by atoms with Gasteiger partial charge in [-0.25, -0.2) is 13.2 Å². The molecule has 172 valence electrons. The number of carbonyl (C=O) groups is 2. The Hall–Kier alpha value is -2.85. The molecule has 0 bridgehead atoms. The van der Waals surface area contributed by atoms with Crippen molar-refractivity contribution in [1.29, 1.82) is 0 Å². The maximum absolute atomic E-state index is 13.3. The molecule has 2 aliphatic heterocycles. The molecule has 3 heterocycles. The van der Waals surface area contributed by atoms with Crippen LogP contribution in [0.2, 0.25) is 0 Å². The number of carbonyl (C=O) groups excluding carboxylic acids is 2. The van der Waals surface area contributed by atoms with Crippen molar-refractivity contribution in [2.24, 2.45) is 7.05 Å². The first-order valence-corrected chi connectivity index (χ1v) is 12.1. The molecule has 1 amide bonds. The van der Waals surface area contributed by atoms with Crippen LogP contribution in [0.25, 0.3) is 0 Å². The van der Waals surface area contributed by atoms with Gasteiger partial charge in [-0.3, -0.25) is 4.79 Å². The van der Waals surface area contributed by atoms with Gasteiger partial charge in [-0.2, -0.15) is 4.31 Å². The number of sulfonamides is 1. The number of methoxy groups -OCH3 is 1. The fraction of sp³-hybridized carbons (Fsp3) is 0.455. The van der Waals surface area contributed by atoms with Gasteiger partial charge >= 0.3 is 5.97 Å². The van der Waals surface area contributed by atoms with Crippen molar-refractivity contribution in [3.63, 3.8) is 0 Å². The lowest BCUT2D eigenvalue weighted by molar-refractivity contribution is -0.134. The van der Waals surface area contributed by atoms with E-state index in [-0.39, 0.29) is 23.0 Å². The highest BCUT2D eigenvalue weighted by Crippen LogP contribution is 2.29. The van der Waals surface area contributed by atoms with Gasteiger partial charge in [-0.05, 0) is 31.0 Å². The second kappa shape index (κ2) is 8.95. The predicted molar refractivity (Wildman–Crippen MR) is 119 cm³/mol. The number of hydrogen-bond donors (Lipinski definition) is 0. The Bertz CT molecular complexity index is 1090. The van der Waals surface area contributed by atoms with E-state index in [4.69, 9.17) is 4.74 Å². The Balaban J connectivity index is 1.47. The molecule has 10 heteroatoms. The first kappa shape index (κ1) is 22.3. The van der Waals surface area contributed by atoms with Crippen LogP contribution in [-0.2, 0) is 26.6 Å². The first-order valence-electron chi connectivity index (χ1n) is 10.7. The van der Waals surface area contributed by atoms with Gasteiger partial charge in [-0.15, -0.1) is 0 Å². The number of aryl methyl sites for hydroxylation is 1. The van der Waals surface area contributed by atoms with Gasteiger partial charge in [0, 0.05) is 51.7 Å². The van der Waals surface area contributed by atoms with Gasteiger partial charge in [0.1, 0.15) is 16.6 Å². The van der Waals surface area contributed by atoms with E-state index in [0.717, 1.165) is 5.69 Å². The minimum absolute atomic E-state index is 0.00556. The van der Waals surface area contributed by atoms with Gasteiger partial charge in [0.2, 0.25) is 15.9 Å². The molecule has 1 aromatic heterocycles. The minimum atomic E-state index is -3.92. The number of ether oxygens (including phenoxy) is 1. The lowest BCUT2D eigenvalue weighted by atomic mass is 10.1. The summed E-state index contributed by atoms with van der Waals surface area (Å²) in [4.78, 5) is 29.2. The summed E-state index contributed by atoms with van der Waals surface area (Å²) in [5.41, 5.74) is 1.26. The van der Waals surface area contributed by atoms with E-state index in [1.54, 1.807) is 11.9 Å². The van der Waals surface area contributed by atoms with Crippen LogP contribution in [0.3, 0.4) is 0 Å². The van der Waals surface area contributed by atoms with Gasteiger partial charge in [-0.1, -0.05) is 18.2 Å². The van der Waals surface area contributed by atoms with Crippen LogP contribution in [0.15, 0.2) is 47.5 Å². The van der Waals surface area contributed by atoms with E-state index >= 15 is 0 Å². The van der Waals surface area contributed by atoms with Gasteiger partial charge in [0.15, 0.2) is 0 Å². The molecule has 0 spiro atoms. The normalized spacial score (nSPS) is 19.9. The van der Waals surface area contributed by atoms with Crippen LogP contribution < -0.4 is 4.90 Å². The lowest BCUT2D eigenvalue weighted by Crippen LogP contribution is -2.54. The number of esters is 1. The summed E-state index contributed by atoms with van der Waals surface area (Å²) < 4.78 is 34.1. The van der Waals surface area contributed by atoms with Crippen molar-refractivity contribution < 1.29 is 22.7 Å². The lowest BCUT2D eigenvalue weighted by Gasteiger charge is -2.38. The van der Waals surface area contributed by atoms with Crippen LogP contribution in [0.1, 0.15) is 23.3 Å². The third kappa shape index (κ3) is 4.12. The predicted octanol–water partition coefficient (Wildman–Crippen LogP) is 1.31. The molecule has 1 atom stereocenters. The highest BCUT2D eigenvalue weighted by Gasteiger charge is 2.42. The Labute approximate surface area is 188 Å². The summed E-state index contributed by atoms with van der Waals surface area (Å²) in [6, 6.07) is 10.6. The third-order valence-corrected chi connectivity index (χ3v) is 8.06. The summed E-state index contributed by atoms with van der Waals surface area (Å²) >= 11 is 0. The van der Waals surface area contributed by atoms with Crippen molar-refractivity contribution in [2.45, 2.75) is 23.8 Å². The van der Waals surface area contributed by atoms with Crippen LogP contribution in [-0.4, -0.2) is 79.9 Å². The molecule has 2 saturated heterocycles. The molecule has 0 aliphatic carbocycles. The monoisotopic (exact) mass is 460 g/mol. The number of rotatable bonds is 5. The number of anilines is 1. The molecule has 9 nitrogen and oxygen atoms in total. The fourth-order valence-electron chi connectivity index (χ4n) is 4.43. The van der Waals surface area contributed by atoms with E-state index in [1.807, 2.05) is 30.3 Å². The van der Waals surface area contributed by atoms with Crippen LogP contribution in [0.5, 0.6) is 0 Å². The largest absolute Gasteiger partial charge is 0.464 e. The quantitative estimate of drug-likeness (QED) is 0.625. The standard InChI is InChI=1S/C22H28N4O5S/c1-23-16-18(15-20(23)22(28)31-2)32(29,30)26-10-6-9-19(26)21(27)25-13-11-24(12-14-25)17-7-4-3-5-8-17/h3-5,7-8,15-16,19H,6,9-14H2,1-2H3. The van der Waals surface area contributed by atoms with Gasteiger partial charge in [0.25, 0.3) is 0 Å². The van der Waals surface area contributed by atoms with Crippen LogP contribution in [0, 0.1) is 0 Å². The highest BCUT2D eigenvalue weighted by atomic mass is 32.2. The summed E-state index contributed by atoms with van der Waals surface area (Å²) in [5, 5.41) is 0. The molecule has 1 aromatic carbocycles. The summed E-state index contributed by atoms with van der Waals surface area (Å²) in [6.45, 7) is 2.80. The second-order valence-electron chi connectivity index (χ2n) is 8.09. The number of piperazine rings is 1. The summed E-state index contributed by atoms with van der Waals surface area (Å²) in [5.74, 6) is -0.762. The number of nitrogens with zero attached hydrogens (tertiary/aromatic N) is 4. The topological polar surface area (TPSA) is 92.2 Å². The van der Waals surface area contributed by atoms with E-state index in [1.165, 1.54) is 28.2 Å². The van der Waals surface area contributed by atoms with Crippen molar-refractivity contribution in [2.75, 3.05) is 44.7 Å². The molecule has 2 aromatic rings. The van der Waals surface area contributed by atoms with Crippen molar-refractivity contribution in [3.05, 3.63) is 48.3 Å². The van der Waals surface area contributed by atoms with E-state index in [9.17, 15) is 18.0 Å². The number of aromatic nitrogens is 1. The molecule has 2 aliphatic rings. The molecular formula is C22H28N4O5S. The fourth-order valence-corrected chi connectivity index (χ4v) is 6.15. The first-order chi connectivity index (χ1) is 15.3.